The first-order chi connectivity index (χ1) is 7.66. The van der Waals surface area contributed by atoms with Gasteiger partial charge in [-0.3, -0.25) is 0 Å². The summed E-state index contributed by atoms with van der Waals surface area (Å²) in [7, 11) is 0. The SMILES string of the molecule is CC1CC[NH+](CC2CCCCC2C)CC1C. The number of nitrogens with one attached hydrogen (secondary N) is 1. The number of quaternary nitrogens is 1. The fourth-order valence-corrected chi connectivity index (χ4v) is 3.73. The van der Waals surface area contributed by atoms with Crippen LogP contribution in [-0.2, 0) is 0 Å². The van der Waals surface area contributed by atoms with E-state index in [1.54, 1.807) is 0 Å². The van der Waals surface area contributed by atoms with Crippen molar-refractivity contribution in [3.8, 4) is 0 Å². The highest BCUT2D eigenvalue weighted by molar-refractivity contribution is 4.72. The van der Waals surface area contributed by atoms with E-state index in [-0.39, 0.29) is 0 Å². The average molecular weight is 224 g/mol. The lowest BCUT2D eigenvalue weighted by atomic mass is 9.79. The van der Waals surface area contributed by atoms with Gasteiger partial charge in [-0.25, -0.2) is 0 Å². The third-order valence-electron chi connectivity index (χ3n) is 5.38. The Labute approximate surface area is 102 Å². The predicted molar refractivity (Wildman–Crippen MR) is 69.6 cm³/mol. The highest BCUT2D eigenvalue weighted by Crippen LogP contribution is 2.28. The molecule has 16 heavy (non-hydrogen) atoms. The molecule has 2 aliphatic rings. The Bertz CT molecular complexity index is 213. The molecule has 1 N–H and O–H groups in total. The highest BCUT2D eigenvalue weighted by Gasteiger charge is 2.30. The third-order valence-corrected chi connectivity index (χ3v) is 5.38. The fourth-order valence-electron chi connectivity index (χ4n) is 3.73. The van der Waals surface area contributed by atoms with Crippen LogP contribution < -0.4 is 4.90 Å². The van der Waals surface area contributed by atoms with Crippen LogP contribution in [0.15, 0.2) is 0 Å². The quantitative estimate of drug-likeness (QED) is 0.734. The molecular formula is C15H30N+. The van der Waals surface area contributed by atoms with Crippen molar-refractivity contribution < 1.29 is 4.90 Å². The molecule has 1 heteroatoms. The summed E-state index contributed by atoms with van der Waals surface area (Å²) in [6, 6.07) is 0. The Kier molecular flexibility index (Phi) is 4.29. The van der Waals surface area contributed by atoms with Crippen molar-refractivity contribution in [2.75, 3.05) is 19.6 Å². The van der Waals surface area contributed by atoms with Crippen LogP contribution in [0, 0.1) is 23.7 Å². The molecule has 2 rings (SSSR count). The summed E-state index contributed by atoms with van der Waals surface area (Å²) in [5.74, 6) is 3.94. The van der Waals surface area contributed by atoms with Crippen LogP contribution in [0.25, 0.3) is 0 Å². The van der Waals surface area contributed by atoms with E-state index in [9.17, 15) is 0 Å². The van der Waals surface area contributed by atoms with Crippen LogP contribution in [0.1, 0.15) is 52.9 Å². The molecule has 94 valence electrons. The van der Waals surface area contributed by atoms with Crippen molar-refractivity contribution in [2.45, 2.75) is 52.9 Å². The Morgan fingerprint density at radius 2 is 1.62 bits per heavy atom. The number of rotatable bonds is 2. The van der Waals surface area contributed by atoms with Gasteiger partial charge in [0.2, 0.25) is 0 Å². The molecule has 0 aromatic carbocycles. The molecule has 1 nitrogen and oxygen atoms in total. The lowest BCUT2D eigenvalue weighted by Gasteiger charge is -2.37. The summed E-state index contributed by atoms with van der Waals surface area (Å²) in [4.78, 5) is 1.91. The van der Waals surface area contributed by atoms with Crippen molar-refractivity contribution in [2.24, 2.45) is 23.7 Å². The largest absolute Gasteiger partial charge is 0.334 e. The van der Waals surface area contributed by atoms with Gasteiger partial charge < -0.3 is 4.90 Å². The Morgan fingerprint density at radius 3 is 2.31 bits per heavy atom. The summed E-state index contributed by atoms with van der Waals surface area (Å²) in [5.41, 5.74) is 0. The van der Waals surface area contributed by atoms with E-state index in [0.29, 0.717) is 0 Å². The highest BCUT2D eigenvalue weighted by atomic mass is 15.1. The van der Waals surface area contributed by atoms with Gasteiger partial charge in [-0.05, 0) is 24.7 Å². The van der Waals surface area contributed by atoms with Gasteiger partial charge >= 0.3 is 0 Å². The topological polar surface area (TPSA) is 4.44 Å². The van der Waals surface area contributed by atoms with Gasteiger partial charge in [-0.1, -0.05) is 40.0 Å². The van der Waals surface area contributed by atoms with Crippen molar-refractivity contribution in [1.29, 1.82) is 0 Å². The number of piperidine rings is 1. The zero-order chi connectivity index (χ0) is 11.5. The van der Waals surface area contributed by atoms with E-state index < -0.39 is 0 Å². The predicted octanol–water partition coefficient (Wildman–Crippen LogP) is 2.37. The van der Waals surface area contributed by atoms with Gasteiger partial charge in [0, 0.05) is 11.8 Å². The second-order valence-corrected chi connectivity index (χ2v) is 6.67. The summed E-state index contributed by atoms with van der Waals surface area (Å²) in [6.07, 6.45) is 7.44. The molecule has 1 heterocycles. The summed E-state index contributed by atoms with van der Waals surface area (Å²) in [5, 5.41) is 0. The van der Waals surface area contributed by atoms with Crippen molar-refractivity contribution in [1.82, 2.24) is 0 Å². The molecule has 5 atom stereocenters. The van der Waals surface area contributed by atoms with Crippen LogP contribution in [-0.4, -0.2) is 19.6 Å². The molecule has 0 radical (unpaired) electrons. The Hall–Kier alpha value is -0.0400. The standard InChI is InChI=1S/C15H29N/c1-12-8-9-16(10-14(12)3)11-15-7-5-4-6-13(15)2/h12-15H,4-11H2,1-3H3/p+1. The smallest absolute Gasteiger partial charge is 0.0802 e. The van der Waals surface area contributed by atoms with Crippen molar-refractivity contribution >= 4 is 0 Å². The first kappa shape index (κ1) is 12.4. The van der Waals surface area contributed by atoms with Crippen molar-refractivity contribution in [3.05, 3.63) is 0 Å². The van der Waals surface area contributed by atoms with Crippen LogP contribution >= 0.6 is 0 Å². The average Bonchev–Trinajstić information content (AvgIpc) is 2.27. The lowest BCUT2D eigenvalue weighted by Crippen LogP contribution is -3.14. The summed E-state index contributed by atoms with van der Waals surface area (Å²) < 4.78 is 0. The van der Waals surface area contributed by atoms with Gasteiger partial charge in [0.15, 0.2) is 0 Å². The number of likely N-dealkylation sites (tertiary alicyclic amines) is 1. The minimum absolute atomic E-state index is 0.947. The third kappa shape index (κ3) is 3.00. The molecule has 2 fully saturated rings. The fraction of sp³-hybridized carbons (Fsp3) is 1.00. The van der Waals surface area contributed by atoms with E-state index in [1.807, 2.05) is 4.90 Å². The molecule has 0 spiro atoms. The van der Waals surface area contributed by atoms with Gasteiger partial charge in [-0.2, -0.15) is 0 Å². The zero-order valence-corrected chi connectivity index (χ0v) is 11.5. The Balaban J connectivity index is 1.80. The molecular weight excluding hydrogens is 194 g/mol. The van der Waals surface area contributed by atoms with Crippen LogP contribution in [0.4, 0.5) is 0 Å². The minimum atomic E-state index is 0.947. The monoisotopic (exact) mass is 224 g/mol. The van der Waals surface area contributed by atoms with E-state index in [2.05, 4.69) is 20.8 Å². The van der Waals surface area contributed by atoms with Gasteiger partial charge in [0.1, 0.15) is 0 Å². The van der Waals surface area contributed by atoms with Crippen LogP contribution in [0.5, 0.6) is 0 Å². The number of hydrogen-bond acceptors (Lipinski definition) is 0. The van der Waals surface area contributed by atoms with E-state index in [4.69, 9.17) is 0 Å². The molecule has 0 bridgehead atoms. The van der Waals surface area contributed by atoms with Gasteiger partial charge in [-0.15, -0.1) is 0 Å². The first-order valence-corrected chi connectivity index (χ1v) is 7.50. The first-order valence-electron chi connectivity index (χ1n) is 7.50. The van der Waals surface area contributed by atoms with Gasteiger partial charge in [0.25, 0.3) is 0 Å². The lowest BCUT2D eigenvalue weighted by molar-refractivity contribution is -0.913. The molecule has 0 amide bonds. The van der Waals surface area contributed by atoms with Crippen molar-refractivity contribution in [3.63, 3.8) is 0 Å². The molecule has 1 saturated carbocycles. The van der Waals surface area contributed by atoms with E-state index >= 15 is 0 Å². The second-order valence-electron chi connectivity index (χ2n) is 6.67. The minimum Gasteiger partial charge on any atom is -0.334 e. The number of hydrogen-bond donors (Lipinski definition) is 1. The van der Waals surface area contributed by atoms with Crippen LogP contribution in [0.2, 0.25) is 0 Å². The second kappa shape index (κ2) is 5.53. The molecule has 0 aromatic heterocycles. The Morgan fingerprint density at radius 1 is 0.875 bits per heavy atom. The summed E-state index contributed by atoms with van der Waals surface area (Å²) >= 11 is 0. The molecule has 1 saturated heterocycles. The van der Waals surface area contributed by atoms with E-state index in [1.165, 1.54) is 51.7 Å². The maximum Gasteiger partial charge on any atom is 0.0802 e. The molecule has 0 aromatic rings. The zero-order valence-electron chi connectivity index (χ0n) is 11.5. The van der Waals surface area contributed by atoms with E-state index in [0.717, 1.165) is 23.7 Å². The summed E-state index contributed by atoms with van der Waals surface area (Å²) in [6.45, 7) is 11.7. The normalized spacial score (nSPS) is 45.6. The maximum atomic E-state index is 2.49. The molecule has 1 aliphatic heterocycles. The molecule has 1 aliphatic carbocycles. The van der Waals surface area contributed by atoms with Gasteiger partial charge in [0.05, 0.1) is 19.6 Å². The van der Waals surface area contributed by atoms with Crippen LogP contribution in [0.3, 0.4) is 0 Å². The maximum absolute atomic E-state index is 2.49. The molecule has 5 unspecified atom stereocenters.